The summed E-state index contributed by atoms with van der Waals surface area (Å²) >= 11 is 0. The second kappa shape index (κ2) is 2.80. The summed E-state index contributed by atoms with van der Waals surface area (Å²) in [5.41, 5.74) is 1.22. The molecule has 2 aliphatic rings. The van der Waals surface area contributed by atoms with Crippen LogP contribution in [0.1, 0.15) is 32.6 Å². The minimum absolute atomic E-state index is 0.633. The standard InChI is InChI=1S/C10H15N/c1-8-6-7-9-4-2-3-5-10(9)11-8/h6-7,9-10H,2-5H2,1H3. The summed E-state index contributed by atoms with van der Waals surface area (Å²) in [6.07, 6.45) is 9.98. The van der Waals surface area contributed by atoms with E-state index in [0.29, 0.717) is 6.04 Å². The minimum Gasteiger partial charge on any atom is -0.286 e. The first kappa shape index (κ1) is 7.08. The van der Waals surface area contributed by atoms with Gasteiger partial charge in [0, 0.05) is 5.71 Å². The van der Waals surface area contributed by atoms with Gasteiger partial charge in [-0.1, -0.05) is 18.9 Å². The zero-order valence-corrected chi connectivity index (χ0v) is 7.09. The highest BCUT2D eigenvalue weighted by Gasteiger charge is 2.23. The molecule has 2 unspecified atom stereocenters. The van der Waals surface area contributed by atoms with Gasteiger partial charge in [-0.05, 0) is 31.8 Å². The normalized spacial score (nSPS) is 36.3. The first-order chi connectivity index (χ1) is 5.36. The molecule has 0 saturated heterocycles. The Bertz CT molecular complexity index is 203. The lowest BCUT2D eigenvalue weighted by Crippen LogP contribution is -2.24. The first-order valence-electron chi connectivity index (χ1n) is 4.59. The molecule has 1 aliphatic heterocycles. The van der Waals surface area contributed by atoms with Gasteiger partial charge in [-0.3, -0.25) is 4.99 Å². The fraction of sp³-hybridized carbons (Fsp3) is 0.700. The minimum atomic E-state index is 0.633. The lowest BCUT2D eigenvalue weighted by atomic mass is 9.83. The molecule has 0 N–H and O–H groups in total. The Kier molecular flexibility index (Phi) is 1.80. The van der Waals surface area contributed by atoms with Gasteiger partial charge in [0.1, 0.15) is 0 Å². The van der Waals surface area contributed by atoms with Gasteiger partial charge in [-0.15, -0.1) is 0 Å². The molecule has 1 heteroatoms. The van der Waals surface area contributed by atoms with Crippen molar-refractivity contribution in [3.05, 3.63) is 12.2 Å². The summed E-state index contributed by atoms with van der Waals surface area (Å²) in [6.45, 7) is 2.10. The lowest BCUT2D eigenvalue weighted by molar-refractivity contribution is 0.361. The van der Waals surface area contributed by atoms with E-state index in [4.69, 9.17) is 0 Å². The van der Waals surface area contributed by atoms with E-state index in [-0.39, 0.29) is 0 Å². The van der Waals surface area contributed by atoms with Crippen molar-refractivity contribution in [2.75, 3.05) is 0 Å². The molecule has 0 aromatic carbocycles. The van der Waals surface area contributed by atoms with Crippen LogP contribution >= 0.6 is 0 Å². The molecule has 60 valence electrons. The Labute approximate surface area is 68.2 Å². The van der Waals surface area contributed by atoms with Crippen molar-refractivity contribution in [2.24, 2.45) is 10.9 Å². The van der Waals surface area contributed by atoms with E-state index < -0.39 is 0 Å². The molecular weight excluding hydrogens is 134 g/mol. The van der Waals surface area contributed by atoms with E-state index in [2.05, 4.69) is 24.1 Å². The summed E-state index contributed by atoms with van der Waals surface area (Å²) in [7, 11) is 0. The third-order valence-electron chi connectivity index (χ3n) is 2.74. The molecule has 11 heavy (non-hydrogen) atoms. The van der Waals surface area contributed by atoms with Crippen LogP contribution in [-0.4, -0.2) is 11.8 Å². The van der Waals surface area contributed by atoms with E-state index in [0.717, 1.165) is 5.92 Å². The maximum Gasteiger partial charge on any atom is 0.0565 e. The molecule has 1 aliphatic carbocycles. The molecule has 0 aromatic rings. The third kappa shape index (κ3) is 1.37. The molecule has 1 heterocycles. The van der Waals surface area contributed by atoms with Crippen molar-refractivity contribution < 1.29 is 0 Å². The monoisotopic (exact) mass is 149 g/mol. The predicted molar refractivity (Wildman–Crippen MR) is 48.0 cm³/mol. The van der Waals surface area contributed by atoms with Crippen molar-refractivity contribution in [3.8, 4) is 0 Å². The number of nitrogens with zero attached hydrogens (tertiary/aromatic N) is 1. The van der Waals surface area contributed by atoms with Crippen LogP contribution < -0.4 is 0 Å². The molecule has 0 amide bonds. The number of rotatable bonds is 0. The molecular formula is C10H15N. The molecule has 0 bridgehead atoms. The van der Waals surface area contributed by atoms with Crippen LogP contribution in [0, 0.1) is 5.92 Å². The van der Waals surface area contributed by atoms with Crippen molar-refractivity contribution in [1.82, 2.24) is 0 Å². The maximum absolute atomic E-state index is 4.63. The smallest absolute Gasteiger partial charge is 0.0565 e. The first-order valence-corrected chi connectivity index (χ1v) is 4.59. The predicted octanol–water partition coefficient (Wildman–Crippen LogP) is 2.58. The van der Waals surface area contributed by atoms with E-state index in [1.165, 1.54) is 31.4 Å². The number of fused-ring (bicyclic) bond motifs is 1. The third-order valence-corrected chi connectivity index (χ3v) is 2.74. The average Bonchev–Trinajstić information content (AvgIpc) is 2.04. The molecule has 0 aromatic heterocycles. The average molecular weight is 149 g/mol. The second-order valence-electron chi connectivity index (χ2n) is 3.65. The number of dihydropyridines is 1. The summed E-state index contributed by atoms with van der Waals surface area (Å²) in [5.74, 6) is 0.771. The number of allylic oxidation sites excluding steroid dienone is 1. The van der Waals surface area contributed by atoms with Crippen LogP contribution in [0.3, 0.4) is 0 Å². The van der Waals surface area contributed by atoms with Gasteiger partial charge in [-0.2, -0.15) is 0 Å². The second-order valence-corrected chi connectivity index (χ2v) is 3.65. The van der Waals surface area contributed by atoms with Crippen LogP contribution in [-0.2, 0) is 0 Å². The summed E-state index contributed by atoms with van der Waals surface area (Å²) in [6, 6.07) is 0.633. The van der Waals surface area contributed by atoms with Crippen molar-refractivity contribution in [1.29, 1.82) is 0 Å². The highest BCUT2D eigenvalue weighted by Crippen LogP contribution is 2.29. The van der Waals surface area contributed by atoms with E-state index in [9.17, 15) is 0 Å². The Hall–Kier alpha value is -0.590. The Balaban J connectivity index is 2.13. The fourth-order valence-corrected chi connectivity index (χ4v) is 2.09. The Morgan fingerprint density at radius 2 is 2.18 bits per heavy atom. The van der Waals surface area contributed by atoms with Gasteiger partial charge in [0.15, 0.2) is 0 Å². The van der Waals surface area contributed by atoms with Gasteiger partial charge in [0.05, 0.1) is 6.04 Å². The van der Waals surface area contributed by atoms with Gasteiger partial charge >= 0.3 is 0 Å². The summed E-state index contributed by atoms with van der Waals surface area (Å²) < 4.78 is 0. The molecule has 1 nitrogen and oxygen atoms in total. The van der Waals surface area contributed by atoms with E-state index >= 15 is 0 Å². The van der Waals surface area contributed by atoms with Crippen LogP contribution in [0.5, 0.6) is 0 Å². The Morgan fingerprint density at radius 3 is 3.09 bits per heavy atom. The lowest BCUT2D eigenvalue weighted by Gasteiger charge is -2.28. The van der Waals surface area contributed by atoms with Crippen LogP contribution in [0.15, 0.2) is 17.1 Å². The molecule has 0 radical (unpaired) electrons. The van der Waals surface area contributed by atoms with Crippen molar-refractivity contribution >= 4 is 5.71 Å². The molecule has 2 atom stereocenters. The van der Waals surface area contributed by atoms with Crippen LogP contribution in [0.2, 0.25) is 0 Å². The summed E-state index contributed by atoms with van der Waals surface area (Å²) in [4.78, 5) is 4.63. The zero-order chi connectivity index (χ0) is 7.68. The SMILES string of the molecule is CC1=NC2CCCCC2C=C1. The van der Waals surface area contributed by atoms with E-state index in [1.54, 1.807) is 0 Å². The maximum atomic E-state index is 4.63. The van der Waals surface area contributed by atoms with Gasteiger partial charge in [0.2, 0.25) is 0 Å². The number of hydrogen-bond acceptors (Lipinski definition) is 1. The number of aliphatic imine (C=N–C) groups is 1. The van der Waals surface area contributed by atoms with Gasteiger partial charge < -0.3 is 0 Å². The van der Waals surface area contributed by atoms with Crippen molar-refractivity contribution in [2.45, 2.75) is 38.6 Å². The molecule has 2 rings (SSSR count). The number of hydrogen-bond donors (Lipinski definition) is 0. The van der Waals surface area contributed by atoms with Gasteiger partial charge in [-0.25, -0.2) is 0 Å². The zero-order valence-electron chi connectivity index (χ0n) is 7.09. The van der Waals surface area contributed by atoms with Crippen molar-refractivity contribution in [3.63, 3.8) is 0 Å². The van der Waals surface area contributed by atoms with Crippen LogP contribution in [0.4, 0.5) is 0 Å². The molecule has 0 spiro atoms. The highest BCUT2D eigenvalue weighted by molar-refractivity contribution is 5.93. The summed E-state index contributed by atoms with van der Waals surface area (Å²) in [5, 5.41) is 0. The fourth-order valence-electron chi connectivity index (χ4n) is 2.09. The topological polar surface area (TPSA) is 12.4 Å². The largest absolute Gasteiger partial charge is 0.286 e. The van der Waals surface area contributed by atoms with Crippen LogP contribution in [0.25, 0.3) is 0 Å². The van der Waals surface area contributed by atoms with E-state index in [1.807, 2.05) is 0 Å². The quantitative estimate of drug-likeness (QED) is 0.502. The molecule has 1 fully saturated rings. The molecule has 1 saturated carbocycles. The Morgan fingerprint density at radius 1 is 1.36 bits per heavy atom. The van der Waals surface area contributed by atoms with Gasteiger partial charge in [0.25, 0.3) is 0 Å². The highest BCUT2D eigenvalue weighted by atomic mass is 14.8.